The summed E-state index contributed by atoms with van der Waals surface area (Å²) in [7, 11) is -3.98. The second kappa shape index (κ2) is 6.69. The quantitative estimate of drug-likeness (QED) is 0.455. The Hall–Kier alpha value is -2.66. The average molecular weight is 361 g/mol. The number of hydrogen-bond donors (Lipinski definition) is 0. The molecule has 0 aliphatic heterocycles. The van der Waals surface area contributed by atoms with Crippen LogP contribution in [-0.2, 0) is 10.0 Å². The maximum absolute atomic E-state index is 13.2. The van der Waals surface area contributed by atoms with E-state index in [-0.39, 0.29) is 11.6 Å². The zero-order valence-electron chi connectivity index (χ0n) is 14.2. The molecule has 2 atom stereocenters. The Morgan fingerprint density at radius 3 is 2.40 bits per heavy atom. The maximum atomic E-state index is 13.2. The Bertz CT molecular complexity index is 869. The Kier molecular flexibility index (Phi) is 4.99. The molecule has 1 aromatic carbocycles. The summed E-state index contributed by atoms with van der Waals surface area (Å²) in [6.07, 6.45) is 3.56. The fourth-order valence-electron chi connectivity index (χ4n) is 2.74. The average Bonchev–Trinajstić information content (AvgIpc) is 2.54. The van der Waals surface area contributed by atoms with Crippen LogP contribution in [0.4, 0.5) is 5.69 Å². The van der Waals surface area contributed by atoms with Crippen molar-refractivity contribution >= 4 is 15.7 Å². The molecule has 0 aromatic heterocycles. The van der Waals surface area contributed by atoms with E-state index in [1.165, 1.54) is 23.4 Å². The summed E-state index contributed by atoms with van der Waals surface area (Å²) in [5.41, 5.74) is -1.26. The minimum Gasteiger partial charge on any atom is -0.267 e. The number of nitrogens with zero attached hydrogens (tertiary/aromatic N) is 3. The van der Waals surface area contributed by atoms with Crippen LogP contribution < -0.4 is 4.31 Å². The van der Waals surface area contributed by atoms with Crippen LogP contribution in [0.3, 0.4) is 0 Å². The summed E-state index contributed by atoms with van der Waals surface area (Å²) in [5, 5.41) is 19.3. The summed E-state index contributed by atoms with van der Waals surface area (Å²) in [6.45, 7) is 4.78. The smallest absolute Gasteiger partial charge is 0.257 e. The summed E-state index contributed by atoms with van der Waals surface area (Å²) >= 11 is 0. The van der Waals surface area contributed by atoms with Gasteiger partial charge >= 0.3 is 0 Å². The topological polar surface area (TPSA) is 104 Å². The molecule has 1 aliphatic carbocycles. The second-order valence-corrected chi connectivity index (χ2v) is 8.18. The van der Waals surface area contributed by atoms with Crippen LogP contribution in [0.2, 0.25) is 0 Å². The molecule has 0 fully saturated rings. The highest BCUT2D eigenvalue weighted by Crippen LogP contribution is 2.31. The van der Waals surface area contributed by atoms with E-state index in [9.17, 15) is 23.8 Å². The van der Waals surface area contributed by atoms with Gasteiger partial charge < -0.3 is 0 Å². The molecule has 0 bridgehead atoms. The molecule has 2 unspecified atom stereocenters. The maximum Gasteiger partial charge on any atom is 0.257 e. The minimum absolute atomic E-state index is 0.150. The van der Waals surface area contributed by atoms with Gasteiger partial charge in [-0.2, -0.15) is 5.26 Å². The number of nitriles is 1. The number of hydrogen-bond acceptors (Lipinski definition) is 5. The second-order valence-electron chi connectivity index (χ2n) is 6.24. The molecule has 8 heteroatoms. The lowest BCUT2D eigenvalue weighted by atomic mass is 9.92. The highest BCUT2D eigenvalue weighted by atomic mass is 32.2. The van der Waals surface area contributed by atoms with E-state index >= 15 is 0 Å². The van der Waals surface area contributed by atoms with Crippen molar-refractivity contribution in [3.8, 4) is 6.07 Å². The number of sulfonamides is 1. The Balaban J connectivity index is 2.54. The van der Waals surface area contributed by atoms with Gasteiger partial charge in [0.05, 0.1) is 17.3 Å². The van der Waals surface area contributed by atoms with E-state index < -0.39 is 25.7 Å². The minimum atomic E-state index is -3.98. The molecule has 0 heterocycles. The van der Waals surface area contributed by atoms with Gasteiger partial charge in [-0.1, -0.05) is 24.3 Å². The van der Waals surface area contributed by atoms with Crippen LogP contribution in [0.5, 0.6) is 0 Å². The van der Waals surface area contributed by atoms with Crippen LogP contribution in [0.15, 0.2) is 54.1 Å². The third kappa shape index (κ3) is 3.42. The van der Waals surface area contributed by atoms with Crippen LogP contribution >= 0.6 is 0 Å². The first kappa shape index (κ1) is 18.7. The first-order valence-corrected chi connectivity index (χ1v) is 9.19. The van der Waals surface area contributed by atoms with Crippen molar-refractivity contribution in [2.45, 2.75) is 37.6 Å². The van der Waals surface area contributed by atoms with Crippen LogP contribution in [0, 0.1) is 21.4 Å². The largest absolute Gasteiger partial charge is 0.267 e. The van der Waals surface area contributed by atoms with Gasteiger partial charge in [-0.3, -0.25) is 14.4 Å². The third-order valence-electron chi connectivity index (χ3n) is 3.96. The molecule has 7 nitrogen and oxygen atoms in total. The van der Waals surface area contributed by atoms with Gasteiger partial charge in [0.25, 0.3) is 5.54 Å². The van der Waals surface area contributed by atoms with Crippen molar-refractivity contribution in [1.29, 1.82) is 5.26 Å². The highest BCUT2D eigenvalue weighted by Gasteiger charge is 2.43. The fourth-order valence-corrected chi connectivity index (χ4v) is 4.70. The molecule has 0 N–H and O–H groups in total. The van der Waals surface area contributed by atoms with Crippen LogP contribution in [-0.4, -0.2) is 30.2 Å². The van der Waals surface area contributed by atoms with E-state index in [1.807, 2.05) is 6.07 Å². The summed E-state index contributed by atoms with van der Waals surface area (Å²) in [5.74, 6) is 0. The van der Waals surface area contributed by atoms with Gasteiger partial charge in [0, 0.05) is 24.0 Å². The van der Waals surface area contributed by atoms with Crippen LogP contribution in [0.25, 0.3) is 0 Å². The van der Waals surface area contributed by atoms with E-state index in [4.69, 9.17) is 0 Å². The van der Waals surface area contributed by atoms with Gasteiger partial charge in [0.1, 0.15) is 5.25 Å². The van der Waals surface area contributed by atoms with Gasteiger partial charge in [-0.25, -0.2) is 8.42 Å². The standard InChI is InChI=1S/C17H19N3O4S/c1-13(2)19(15-7-5-4-6-8-15)25(23,24)16-9-10-17(3,20(21)22)11-14(16)12-18/h4-11,13,16H,1-3H3. The molecule has 1 aromatic rings. The SMILES string of the molecule is CC(C)N(c1ccccc1)S(=O)(=O)C1C=CC(C)([N+](=O)[O-])C=C1C#N. The predicted molar refractivity (Wildman–Crippen MR) is 95.0 cm³/mol. The molecule has 25 heavy (non-hydrogen) atoms. The van der Waals surface area contributed by atoms with Crippen molar-refractivity contribution in [3.05, 3.63) is 64.2 Å². The first-order chi connectivity index (χ1) is 11.6. The fraction of sp³-hybridized carbons (Fsp3) is 0.353. The van der Waals surface area contributed by atoms with Gasteiger partial charge in [0.15, 0.2) is 0 Å². The Morgan fingerprint density at radius 1 is 1.32 bits per heavy atom. The molecule has 2 rings (SSSR count). The number of rotatable bonds is 5. The molecular formula is C17H19N3O4S. The van der Waals surface area contributed by atoms with Crippen LogP contribution in [0.1, 0.15) is 20.8 Å². The normalized spacial score (nSPS) is 23.0. The van der Waals surface area contributed by atoms with Gasteiger partial charge in [-0.05, 0) is 32.1 Å². The van der Waals surface area contributed by atoms with Crippen molar-refractivity contribution in [3.63, 3.8) is 0 Å². The van der Waals surface area contributed by atoms with Crippen molar-refractivity contribution < 1.29 is 13.3 Å². The molecule has 1 aliphatic rings. The lowest BCUT2D eigenvalue weighted by Gasteiger charge is -2.32. The summed E-state index contributed by atoms with van der Waals surface area (Å²) in [4.78, 5) is 10.6. The van der Waals surface area contributed by atoms with Gasteiger partial charge in [-0.15, -0.1) is 0 Å². The zero-order chi connectivity index (χ0) is 18.8. The number of para-hydroxylation sites is 1. The monoisotopic (exact) mass is 361 g/mol. The molecule has 0 saturated carbocycles. The van der Waals surface area contributed by atoms with E-state index in [2.05, 4.69) is 0 Å². The van der Waals surface area contributed by atoms with Crippen molar-refractivity contribution in [2.75, 3.05) is 4.31 Å². The summed E-state index contributed by atoms with van der Waals surface area (Å²) in [6, 6.07) is 9.99. The van der Waals surface area contributed by atoms with Crippen molar-refractivity contribution in [1.82, 2.24) is 0 Å². The van der Waals surface area contributed by atoms with E-state index in [1.54, 1.807) is 44.2 Å². The molecule has 0 spiro atoms. The lowest BCUT2D eigenvalue weighted by Crippen LogP contribution is -2.45. The van der Waals surface area contributed by atoms with Gasteiger partial charge in [0.2, 0.25) is 10.0 Å². The Labute approximate surface area is 147 Å². The molecular weight excluding hydrogens is 342 g/mol. The number of nitro groups is 1. The number of anilines is 1. The predicted octanol–water partition coefficient (Wildman–Crippen LogP) is 2.65. The van der Waals surface area contributed by atoms with E-state index in [0.29, 0.717) is 5.69 Å². The van der Waals surface area contributed by atoms with Crippen molar-refractivity contribution in [2.24, 2.45) is 0 Å². The Morgan fingerprint density at radius 2 is 1.92 bits per heavy atom. The lowest BCUT2D eigenvalue weighted by molar-refractivity contribution is -0.536. The summed E-state index contributed by atoms with van der Waals surface area (Å²) < 4.78 is 27.6. The third-order valence-corrected chi connectivity index (χ3v) is 6.19. The molecule has 0 radical (unpaired) electrons. The zero-order valence-corrected chi connectivity index (χ0v) is 15.0. The molecule has 0 saturated heterocycles. The molecule has 132 valence electrons. The molecule has 0 amide bonds. The first-order valence-electron chi connectivity index (χ1n) is 7.68. The highest BCUT2D eigenvalue weighted by molar-refractivity contribution is 7.93. The number of benzene rings is 1. The van der Waals surface area contributed by atoms with E-state index in [0.717, 1.165) is 6.08 Å².